The van der Waals surface area contributed by atoms with Crippen LogP contribution in [0.5, 0.6) is 0 Å². The Kier molecular flexibility index (Phi) is 3.68. The number of aromatic nitrogens is 1. The number of nitrogens with zero attached hydrogens (tertiary/aromatic N) is 1. The van der Waals surface area contributed by atoms with Crippen molar-refractivity contribution in [2.24, 2.45) is 5.92 Å². The van der Waals surface area contributed by atoms with Gasteiger partial charge >= 0.3 is 0 Å². The van der Waals surface area contributed by atoms with Gasteiger partial charge in [0.1, 0.15) is 10.6 Å². The molecule has 18 heavy (non-hydrogen) atoms. The van der Waals surface area contributed by atoms with E-state index in [1.54, 1.807) is 4.57 Å². The molecule has 0 spiro atoms. The van der Waals surface area contributed by atoms with E-state index >= 15 is 0 Å². The van der Waals surface area contributed by atoms with Crippen LogP contribution in [0.1, 0.15) is 30.3 Å². The molecule has 0 bridgehead atoms. The van der Waals surface area contributed by atoms with Gasteiger partial charge in [-0.2, -0.15) is 0 Å². The molecule has 0 radical (unpaired) electrons. The molecule has 1 amide bonds. The van der Waals surface area contributed by atoms with Crippen LogP contribution in [0.15, 0.2) is 17.2 Å². The second kappa shape index (κ2) is 4.93. The van der Waals surface area contributed by atoms with Gasteiger partial charge in [-0.25, -0.2) is 8.42 Å². The summed E-state index contributed by atoms with van der Waals surface area (Å²) in [5, 5.41) is 2.80. The number of hydrogen-bond acceptors (Lipinski definition) is 3. The summed E-state index contributed by atoms with van der Waals surface area (Å²) >= 11 is 0. The minimum Gasteiger partial charge on any atom is -0.350 e. The zero-order valence-corrected chi connectivity index (χ0v) is 11.6. The fraction of sp³-hybridized carbons (Fsp3) is 0.545. The first-order valence-corrected chi connectivity index (χ1v) is 8.15. The summed E-state index contributed by atoms with van der Waals surface area (Å²) < 4.78 is 24.0. The molecule has 7 heteroatoms. The third-order valence-electron chi connectivity index (χ3n) is 2.97. The van der Waals surface area contributed by atoms with Crippen LogP contribution in [0.2, 0.25) is 0 Å². The zero-order chi connectivity index (χ0) is 13.3. The lowest BCUT2D eigenvalue weighted by Gasteiger charge is -2.06. The lowest BCUT2D eigenvalue weighted by atomic mass is 10.3. The summed E-state index contributed by atoms with van der Waals surface area (Å²) in [5.41, 5.74) is 0.331. The minimum atomic E-state index is -3.80. The second-order valence-corrected chi connectivity index (χ2v) is 7.00. The summed E-state index contributed by atoms with van der Waals surface area (Å²) in [6.07, 6.45) is 3.68. The maximum absolute atomic E-state index is 11.9. The number of rotatable bonds is 5. The lowest BCUT2D eigenvalue weighted by molar-refractivity contribution is 0.0942. The Morgan fingerprint density at radius 1 is 1.56 bits per heavy atom. The van der Waals surface area contributed by atoms with Crippen LogP contribution < -0.4 is 5.32 Å². The van der Waals surface area contributed by atoms with Crippen molar-refractivity contribution in [1.82, 2.24) is 9.88 Å². The number of carbonyl (C=O) groups is 1. The van der Waals surface area contributed by atoms with E-state index < -0.39 is 9.05 Å². The summed E-state index contributed by atoms with van der Waals surface area (Å²) in [5.74, 6) is 0.325. The van der Waals surface area contributed by atoms with Crippen LogP contribution >= 0.6 is 10.7 Å². The molecule has 5 nitrogen and oxygen atoms in total. The van der Waals surface area contributed by atoms with Crippen molar-refractivity contribution in [3.63, 3.8) is 0 Å². The lowest BCUT2D eigenvalue weighted by Crippen LogP contribution is -2.27. The van der Waals surface area contributed by atoms with E-state index in [0.29, 0.717) is 24.7 Å². The molecule has 0 aliphatic heterocycles. The molecule has 1 N–H and O–H groups in total. The van der Waals surface area contributed by atoms with Crippen molar-refractivity contribution in [2.45, 2.75) is 31.2 Å². The maximum Gasteiger partial charge on any atom is 0.267 e. The van der Waals surface area contributed by atoms with Crippen molar-refractivity contribution < 1.29 is 13.2 Å². The van der Waals surface area contributed by atoms with Crippen LogP contribution in [0, 0.1) is 5.92 Å². The second-order valence-electron chi connectivity index (χ2n) is 4.44. The van der Waals surface area contributed by atoms with Crippen molar-refractivity contribution in [3.05, 3.63) is 18.0 Å². The van der Waals surface area contributed by atoms with E-state index in [9.17, 15) is 13.2 Å². The van der Waals surface area contributed by atoms with Gasteiger partial charge in [0.25, 0.3) is 15.0 Å². The molecule has 1 aromatic heterocycles. The van der Waals surface area contributed by atoms with Gasteiger partial charge in [-0.3, -0.25) is 4.79 Å². The highest BCUT2D eigenvalue weighted by atomic mass is 35.7. The van der Waals surface area contributed by atoms with E-state index in [2.05, 4.69) is 5.32 Å². The average Bonchev–Trinajstić information content (AvgIpc) is 3.00. The molecule has 2 rings (SSSR count). The van der Waals surface area contributed by atoms with Crippen LogP contribution in [0.4, 0.5) is 0 Å². The van der Waals surface area contributed by atoms with Crippen LogP contribution in [-0.2, 0) is 15.6 Å². The van der Waals surface area contributed by atoms with Gasteiger partial charge in [-0.05, 0) is 31.7 Å². The highest BCUT2D eigenvalue weighted by Crippen LogP contribution is 2.27. The van der Waals surface area contributed by atoms with Crippen LogP contribution in [-0.4, -0.2) is 25.4 Å². The first-order valence-electron chi connectivity index (χ1n) is 5.85. The molecule has 1 fully saturated rings. The summed E-state index contributed by atoms with van der Waals surface area (Å²) in [7, 11) is 1.47. The molecule has 1 aromatic rings. The zero-order valence-electron chi connectivity index (χ0n) is 10.0. The molecular weight excluding hydrogens is 276 g/mol. The van der Waals surface area contributed by atoms with E-state index in [1.165, 1.54) is 12.3 Å². The Labute approximate surface area is 111 Å². The first kappa shape index (κ1) is 13.4. The molecule has 0 unspecified atom stereocenters. The van der Waals surface area contributed by atoms with Gasteiger partial charge in [0.2, 0.25) is 0 Å². The van der Waals surface area contributed by atoms with Crippen molar-refractivity contribution in [3.8, 4) is 0 Å². The van der Waals surface area contributed by atoms with Crippen LogP contribution in [0.3, 0.4) is 0 Å². The number of hydrogen-bond donors (Lipinski definition) is 1. The van der Waals surface area contributed by atoms with Gasteiger partial charge in [-0.1, -0.05) is 0 Å². The number of aryl methyl sites for hydroxylation is 1. The summed E-state index contributed by atoms with van der Waals surface area (Å²) in [6.45, 7) is 3.00. The molecule has 1 aliphatic rings. The largest absolute Gasteiger partial charge is 0.350 e. The quantitative estimate of drug-likeness (QED) is 0.837. The molecular formula is C11H15ClN2O3S. The van der Waals surface area contributed by atoms with Crippen LogP contribution in [0.25, 0.3) is 0 Å². The fourth-order valence-electron chi connectivity index (χ4n) is 1.72. The topological polar surface area (TPSA) is 68.2 Å². The molecule has 1 heterocycles. The van der Waals surface area contributed by atoms with Crippen molar-refractivity contribution in [1.29, 1.82) is 0 Å². The van der Waals surface area contributed by atoms with E-state index in [4.69, 9.17) is 10.7 Å². The standard InChI is InChI=1S/C11H15ClN2O3S/c1-2-14-7-9(18(12,16)17)5-10(14)11(15)13-6-8-3-4-8/h5,7-8H,2-4,6H2,1H3,(H,13,15). The minimum absolute atomic E-state index is 0.0393. The Balaban J connectivity index is 2.19. The summed E-state index contributed by atoms with van der Waals surface area (Å²) in [6, 6.07) is 1.31. The number of halogens is 1. The third-order valence-corrected chi connectivity index (χ3v) is 4.30. The SMILES string of the molecule is CCn1cc(S(=O)(=O)Cl)cc1C(=O)NCC1CC1. The number of amides is 1. The smallest absolute Gasteiger partial charge is 0.267 e. The Morgan fingerprint density at radius 3 is 2.72 bits per heavy atom. The van der Waals surface area contributed by atoms with Gasteiger partial charge in [0.15, 0.2) is 0 Å². The normalized spacial score (nSPS) is 15.7. The van der Waals surface area contributed by atoms with Gasteiger partial charge in [-0.15, -0.1) is 0 Å². The van der Waals surface area contributed by atoms with Gasteiger partial charge < -0.3 is 9.88 Å². The molecule has 1 saturated carbocycles. The number of carbonyl (C=O) groups excluding carboxylic acids is 1. The summed E-state index contributed by atoms with van der Waals surface area (Å²) in [4.78, 5) is 11.9. The Bertz CT molecular complexity index is 561. The Morgan fingerprint density at radius 2 is 2.22 bits per heavy atom. The van der Waals surface area contributed by atoms with E-state index in [0.717, 1.165) is 12.8 Å². The molecule has 100 valence electrons. The highest BCUT2D eigenvalue weighted by molar-refractivity contribution is 8.13. The van der Waals surface area contributed by atoms with E-state index in [-0.39, 0.29) is 10.8 Å². The molecule has 0 atom stereocenters. The monoisotopic (exact) mass is 290 g/mol. The predicted octanol–water partition coefficient (Wildman–Crippen LogP) is 1.58. The first-order chi connectivity index (χ1) is 8.41. The highest BCUT2D eigenvalue weighted by Gasteiger charge is 2.24. The predicted molar refractivity (Wildman–Crippen MR) is 68.2 cm³/mol. The molecule has 0 saturated heterocycles. The molecule has 1 aliphatic carbocycles. The van der Waals surface area contributed by atoms with Gasteiger partial charge in [0, 0.05) is 30.0 Å². The maximum atomic E-state index is 11.9. The van der Waals surface area contributed by atoms with Crippen molar-refractivity contribution in [2.75, 3.05) is 6.54 Å². The average molecular weight is 291 g/mol. The molecule has 0 aromatic carbocycles. The van der Waals surface area contributed by atoms with Crippen molar-refractivity contribution >= 4 is 25.6 Å². The van der Waals surface area contributed by atoms with Gasteiger partial charge in [0.05, 0.1) is 0 Å². The number of nitrogens with one attached hydrogen (secondary N) is 1. The fourth-order valence-corrected chi connectivity index (χ4v) is 2.48. The Hall–Kier alpha value is -1.01. The third kappa shape index (κ3) is 3.05. The van der Waals surface area contributed by atoms with E-state index in [1.807, 2.05) is 6.92 Å².